The van der Waals surface area contributed by atoms with Crippen LogP contribution in [-0.2, 0) is 14.4 Å². The first-order valence-corrected chi connectivity index (χ1v) is 16.4. The predicted molar refractivity (Wildman–Crippen MR) is 189 cm³/mol. The molecule has 294 valence electrons. The average Bonchev–Trinajstić information content (AvgIpc) is 3.32. The summed E-state index contributed by atoms with van der Waals surface area (Å²) in [5.41, 5.74) is -1.86. The molecular formula is C38H49F5N2O8. The summed E-state index contributed by atoms with van der Waals surface area (Å²) in [6, 6.07) is 15.9. The highest BCUT2D eigenvalue weighted by molar-refractivity contribution is 6.00. The number of hydrogen-bond acceptors (Lipinski definition) is 8. The van der Waals surface area contributed by atoms with Gasteiger partial charge in [0.2, 0.25) is 29.1 Å². The Hall–Kier alpha value is -4.79. The molecule has 1 fully saturated rings. The normalized spacial score (nSPS) is 13.1. The number of para-hydroxylation sites is 1. The number of nitro benzene ring substituents is 1. The van der Waals surface area contributed by atoms with E-state index in [1.807, 2.05) is 71.9 Å². The first-order chi connectivity index (χ1) is 24.0. The minimum Gasteiger partial charge on any atom is -0.488 e. The number of nitro groups is 1. The molecule has 0 saturated carbocycles. The van der Waals surface area contributed by atoms with Crippen molar-refractivity contribution in [1.82, 2.24) is 5.06 Å². The second-order valence-electron chi connectivity index (χ2n) is 15.4. The molecule has 0 radical (unpaired) electrons. The Balaban J connectivity index is 0.000000357. The van der Waals surface area contributed by atoms with Crippen molar-refractivity contribution in [2.75, 3.05) is 0 Å². The van der Waals surface area contributed by atoms with E-state index in [0.717, 1.165) is 10.8 Å². The summed E-state index contributed by atoms with van der Waals surface area (Å²) < 4.78 is 80.1. The molecule has 3 aromatic carbocycles. The molecule has 0 spiro atoms. The highest BCUT2D eigenvalue weighted by Crippen LogP contribution is 2.31. The third-order valence-corrected chi connectivity index (χ3v) is 5.59. The maximum atomic E-state index is 13.1. The Morgan fingerprint density at radius 2 is 0.906 bits per heavy atom. The minimum atomic E-state index is -2.20. The molecule has 0 aliphatic carbocycles. The lowest BCUT2D eigenvalue weighted by Crippen LogP contribution is -2.37. The monoisotopic (exact) mass is 756 g/mol. The Bertz CT molecular complexity index is 1630. The zero-order valence-corrected chi connectivity index (χ0v) is 32.2. The molecule has 1 heterocycles. The van der Waals surface area contributed by atoms with Crippen molar-refractivity contribution in [2.45, 2.75) is 118 Å². The van der Waals surface area contributed by atoms with E-state index in [2.05, 4.69) is 4.74 Å². The van der Waals surface area contributed by atoms with Crippen LogP contribution in [-0.4, -0.2) is 44.2 Å². The van der Waals surface area contributed by atoms with Crippen molar-refractivity contribution in [3.63, 3.8) is 0 Å². The fourth-order valence-electron chi connectivity index (χ4n) is 3.74. The van der Waals surface area contributed by atoms with Crippen LogP contribution < -0.4 is 14.2 Å². The number of carbonyl (C=O) groups excluding carboxylic acids is 2. The van der Waals surface area contributed by atoms with Crippen molar-refractivity contribution in [3.05, 3.63) is 93.8 Å². The van der Waals surface area contributed by atoms with Crippen molar-refractivity contribution < 1.29 is 55.5 Å². The Kier molecular flexibility index (Phi) is 16.4. The summed E-state index contributed by atoms with van der Waals surface area (Å²) in [4.78, 5) is 37.2. The Morgan fingerprint density at radius 1 is 0.547 bits per heavy atom. The highest BCUT2D eigenvalue weighted by atomic mass is 19.2. The van der Waals surface area contributed by atoms with E-state index in [1.165, 1.54) is 32.9 Å². The van der Waals surface area contributed by atoms with Gasteiger partial charge in [0.1, 0.15) is 28.3 Å². The fourth-order valence-corrected chi connectivity index (χ4v) is 3.74. The number of halogens is 5. The molecule has 2 amide bonds. The van der Waals surface area contributed by atoms with Crippen molar-refractivity contribution in [3.8, 4) is 17.2 Å². The predicted octanol–water partition coefficient (Wildman–Crippen LogP) is 10.1. The molecule has 1 aliphatic heterocycles. The molecule has 0 N–H and O–H groups in total. The summed E-state index contributed by atoms with van der Waals surface area (Å²) in [7, 11) is 0. The molecule has 0 aromatic heterocycles. The zero-order chi connectivity index (χ0) is 41.1. The van der Waals surface area contributed by atoms with Gasteiger partial charge in [-0.15, -0.1) is 0 Å². The second-order valence-corrected chi connectivity index (χ2v) is 15.4. The van der Waals surface area contributed by atoms with E-state index in [0.29, 0.717) is 5.75 Å². The van der Waals surface area contributed by atoms with Crippen molar-refractivity contribution in [1.29, 1.82) is 0 Å². The van der Waals surface area contributed by atoms with Gasteiger partial charge in [-0.1, -0.05) is 18.2 Å². The number of carbonyl (C=O) groups is 2. The number of imide groups is 1. The number of hydroxylamine groups is 2. The molecule has 0 unspecified atom stereocenters. The van der Waals surface area contributed by atoms with Crippen LogP contribution in [0.3, 0.4) is 0 Å². The van der Waals surface area contributed by atoms with Crippen LogP contribution in [0.5, 0.6) is 17.2 Å². The zero-order valence-electron chi connectivity index (χ0n) is 32.2. The molecule has 15 heteroatoms. The summed E-state index contributed by atoms with van der Waals surface area (Å²) in [6.45, 7) is 21.6. The van der Waals surface area contributed by atoms with Crippen LogP contribution >= 0.6 is 0 Å². The Morgan fingerprint density at radius 3 is 1.25 bits per heavy atom. The minimum absolute atomic E-state index is 0.0752. The number of ether oxygens (including phenoxy) is 3. The summed E-state index contributed by atoms with van der Waals surface area (Å²) in [5, 5.41) is 11.2. The van der Waals surface area contributed by atoms with Gasteiger partial charge in [-0.05, 0) is 107 Å². The summed E-state index contributed by atoms with van der Waals surface area (Å²) in [6.07, 6.45) is 0.545. The molecule has 1 saturated heterocycles. The van der Waals surface area contributed by atoms with Crippen molar-refractivity contribution >= 4 is 17.5 Å². The number of hydrogen-bond donors (Lipinski definition) is 0. The van der Waals surface area contributed by atoms with E-state index >= 15 is 0 Å². The Labute approximate surface area is 307 Å². The molecule has 0 bridgehead atoms. The van der Waals surface area contributed by atoms with Gasteiger partial charge in [0.05, 0.1) is 10.5 Å². The number of rotatable bonds is 5. The first-order valence-electron chi connectivity index (χ1n) is 16.4. The van der Waals surface area contributed by atoms with E-state index < -0.39 is 51.0 Å². The van der Waals surface area contributed by atoms with Gasteiger partial charge < -0.3 is 14.2 Å². The fraction of sp³-hybridized carbons (Fsp3) is 0.474. The van der Waals surface area contributed by atoms with Crippen LogP contribution in [0.15, 0.2) is 54.6 Å². The quantitative estimate of drug-likeness (QED) is 0.0631. The van der Waals surface area contributed by atoms with Gasteiger partial charge in [-0.25, -0.2) is 13.2 Å². The van der Waals surface area contributed by atoms with E-state index in [4.69, 9.17) is 14.3 Å². The molecule has 10 nitrogen and oxygen atoms in total. The highest BCUT2D eigenvalue weighted by Gasteiger charge is 2.33. The van der Waals surface area contributed by atoms with Gasteiger partial charge in [0.25, 0.3) is 17.5 Å². The number of amides is 2. The lowest BCUT2D eigenvalue weighted by Gasteiger charge is -2.24. The molecule has 4 rings (SSSR count). The first kappa shape index (κ1) is 46.2. The molecule has 53 heavy (non-hydrogen) atoms. The topological polar surface area (TPSA) is 117 Å². The van der Waals surface area contributed by atoms with E-state index in [-0.39, 0.29) is 41.5 Å². The van der Waals surface area contributed by atoms with Gasteiger partial charge in [-0.3, -0.25) is 24.5 Å². The van der Waals surface area contributed by atoms with Crippen LogP contribution in [0.1, 0.15) is 95.9 Å². The third kappa shape index (κ3) is 17.5. The number of non-ortho nitro benzene ring substituents is 1. The molecule has 0 atom stereocenters. The number of benzene rings is 3. The van der Waals surface area contributed by atoms with Crippen LogP contribution in [0, 0.1) is 39.2 Å². The third-order valence-electron chi connectivity index (χ3n) is 5.59. The van der Waals surface area contributed by atoms with Gasteiger partial charge >= 0.3 is 0 Å². The van der Waals surface area contributed by atoms with Crippen LogP contribution in [0.2, 0.25) is 0 Å². The second kappa shape index (κ2) is 18.8. The van der Waals surface area contributed by atoms with E-state index in [9.17, 15) is 41.7 Å². The SMILES string of the molecule is CC(C)(C)ON1C(=O)CCC1=O.CC(C)(C)Oc1c(F)c(F)c(F)c(F)c1F.CC(C)(C)Oc1ccc([N+](=O)[O-])cc1.CC(C)(C)Oc1ccccc1. The summed E-state index contributed by atoms with van der Waals surface area (Å²) in [5.74, 6) is -10.3. The lowest BCUT2D eigenvalue weighted by molar-refractivity contribution is -0.384. The van der Waals surface area contributed by atoms with Gasteiger partial charge in [0.15, 0.2) is 5.75 Å². The molecular weight excluding hydrogens is 707 g/mol. The molecule has 1 aliphatic rings. The van der Waals surface area contributed by atoms with Crippen LogP contribution in [0.4, 0.5) is 27.6 Å². The smallest absolute Gasteiger partial charge is 0.269 e. The lowest BCUT2D eigenvalue weighted by atomic mass is 10.2. The standard InChI is InChI=1S/C10H9F5O.C10H13NO3.C10H14O.C8H13NO3/c1-10(2,3)16-9-7(14)5(12)4(11)6(13)8(9)15;1-10(2,3)14-9-6-4-8(5-7-9)11(12)13;1-10(2,3)11-9-7-5-4-6-8-9;1-8(2,3)12-9-6(10)4-5-7(9)11/h1-3H3;4-7H,1-3H3;4-8H,1-3H3;4-5H2,1-3H3. The maximum absolute atomic E-state index is 13.1. The largest absolute Gasteiger partial charge is 0.488 e. The summed E-state index contributed by atoms with van der Waals surface area (Å²) >= 11 is 0. The molecule has 3 aromatic rings. The van der Waals surface area contributed by atoms with Crippen LogP contribution in [0.25, 0.3) is 0 Å². The average molecular weight is 757 g/mol. The van der Waals surface area contributed by atoms with E-state index in [1.54, 1.807) is 32.9 Å². The maximum Gasteiger partial charge on any atom is 0.269 e. The van der Waals surface area contributed by atoms with Crippen molar-refractivity contribution in [2.24, 2.45) is 0 Å². The van der Waals surface area contributed by atoms with Gasteiger partial charge in [-0.2, -0.15) is 13.8 Å². The van der Waals surface area contributed by atoms with Gasteiger partial charge in [0, 0.05) is 25.0 Å². The number of nitrogens with zero attached hydrogens (tertiary/aromatic N) is 2.